The Balaban J connectivity index is 1.19. The van der Waals surface area contributed by atoms with Gasteiger partial charge in [0.25, 0.3) is 5.91 Å². The molecular formula is C32H31FN2O3. The molecule has 0 unspecified atom stereocenters. The molecule has 0 spiro atoms. The van der Waals surface area contributed by atoms with Gasteiger partial charge < -0.3 is 9.64 Å². The van der Waals surface area contributed by atoms with Crippen LogP contribution in [0.1, 0.15) is 35.3 Å². The van der Waals surface area contributed by atoms with Gasteiger partial charge >= 0.3 is 0 Å². The van der Waals surface area contributed by atoms with Crippen LogP contribution in [0.15, 0.2) is 91.0 Å². The van der Waals surface area contributed by atoms with Crippen molar-refractivity contribution in [3.05, 3.63) is 114 Å². The fourth-order valence-corrected chi connectivity index (χ4v) is 5.03. The van der Waals surface area contributed by atoms with Gasteiger partial charge in [-0.05, 0) is 60.5 Å². The van der Waals surface area contributed by atoms with E-state index in [1.165, 1.54) is 12.1 Å². The maximum Gasteiger partial charge on any atom is 0.260 e. The summed E-state index contributed by atoms with van der Waals surface area (Å²) in [5.74, 6) is 0.317. The highest BCUT2D eigenvalue weighted by Gasteiger charge is 2.32. The van der Waals surface area contributed by atoms with Crippen molar-refractivity contribution in [2.45, 2.75) is 32.5 Å². The molecule has 0 N–H and O–H groups in total. The number of nitrogens with zero attached hydrogens (tertiary/aromatic N) is 2. The molecule has 1 saturated heterocycles. The summed E-state index contributed by atoms with van der Waals surface area (Å²) >= 11 is 0. The second-order valence-corrected chi connectivity index (χ2v) is 10.0. The summed E-state index contributed by atoms with van der Waals surface area (Å²) in [6.07, 6.45) is 0. The van der Waals surface area contributed by atoms with Crippen molar-refractivity contribution in [2.24, 2.45) is 0 Å². The highest BCUT2D eigenvalue weighted by molar-refractivity contribution is 6.10. The van der Waals surface area contributed by atoms with E-state index in [1.807, 2.05) is 90.7 Å². The molecule has 4 aromatic carbocycles. The lowest BCUT2D eigenvalue weighted by Crippen LogP contribution is -2.58. The largest absolute Gasteiger partial charge is 0.484 e. The summed E-state index contributed by atoms with van der Waals surface area (Å²) in [7, 11) is 0. The van der Waals surface area contributed by atoms with Gasteiger partial charge in [0, 0.05) is 42.8 Å². The Labute approximate surface area is 222 Å². The molecule has 4 aromatic rings. The van der Waals surface area contributed by atoms with Crippen LogP contribution in [-0.4, -0.2) is 53.3 Å². The second kappa shape index (κ2) is 11.2. The van der Waals surface area contributed by atoms with Gasteiger partial charge in [-0.3, -0.25) is 14.5 Å². The lowest BCUT2D eigenvalue weighted by molar-refractivity contribution is -0.139. The number of benzene rings is 4. The van der Waals surface area contributed by atoms with Crippen molar-refractivity contribution >= 4 is 22.5 Å². The minimum atomic E-state index is -0.236. The van der Waals surface area contributed by atoms with Crippen molar-refractivity contribution in [1.82, 2.24) is 9.80 Å². The average Bonchev–Trinajstić information content (AvgIpc) is 2.94. The van der Waals surface area contributed by atoms with Gasteiger partial charge in [-0.1, -0.05) is 60.7 Å². The first-order chi connectivity index (χ1) is 18.4. The summed E-state index contributed by atoms with van der Waals surface area (Å²) in [5.41, 5.74) is 2.35. The van der Waals surface area contributed by atoms with Gasteiger partial charge in [-0.25, -0.2) is 4.39 Å². The summed E-state index contributed by atoms with van der Waals surface area (Å²) < 4.78 is 19.1. The smallest absolute Gasteiger partial charge is 0.260 e. The minimum absolute atomic E-state index is 0.0143. The van der Waals surface area contributed by atoms with Crippen LogP contribution in [0.3, 0.4) is 0 Å². The van der Waals surface area contributed by atoms with Crippen LogP contribution in [0.2, 0.25) is 0 Å². The first-order valence-corrected chi connectivity index (χ1v) is 12.9. The molecule has 5 nitrogen and oxygen atoms in total. The van der Waals surface area contributed by atoms with Crippen LogP contribution < -0.4 is 4.74 Å². The van der Waals surface area contributed by atoms with Gasteiger partial charge in [-0.2, -0.15) is 0 Å². The van der Waals surface area contributed by atoms with E-state index in [9.17, 15) is 14.0 Å². The Morgan fingerprint density at radius 2 is 1.53 bits per heavy atom. The molecule has 2 atom stereocenters. The van der Waals surface area contributed by atoms with Crippen LogP contribution in [0, 0.1) is 5.82 Å². The molecule has 0 saturated carbocycles. The lowest BCUT2D eigenvalue weighted by atomic mass is 10.00. The summed E-state index contributed by atoms with van der Waals surface area (Å²) in [6.45, 7) is 6.19. The van der Waals surface area contributed by atoms with E-state index in [0.29, 0.717) is 23.4 Å². The number of ether oxygens (including phenoxy) is 1. The Kier molecular flexibility index (Phi) is 7.52. The number of piperazine rings is 1. The molecule has 1 heterocycles. The molecule has 0 aromatic heterocycles. The molecule has 6 heteroatoms. The predicted octanol–water partition coefficient (Wildman–Crippen LogP) is 5.71. The maximum absolute atomic E-state index is 13.2. The molecule has 0 radical (unpaired) electrons. The number of ketones is 1. The molecule has 1 aliphatic heterocycles. The normalized spacial score (nSPS) is 17.9. The number of rotatable bonds is 7. The Hall–Kier alpha value is -4.03. The van der Waals surface area contributed by atoms with Crippen LogP contribution in [0.5, 0.6) is 5.75 Å². The third kappa shape index (κ3) is 5.76. The zero-order valence-electron chi connectivity index (χ0n) is 21.6. The number of hydrogen-bond acceptors (Lipinski definition) is 4. The zero-order chi connectivity index (χ0) is 26.6. The third-order valence-electron chi connectivity index (χ3n) is 7.21. The Bertz CT molecular complexity index is 1440. The van der Waals surface area contributed by atoms with E-state index in [4.69, 9.17) is 4.74 Å². The van der Waals surface area contributed by atoms with Crippen LogP contribution in [0.4, 0.5) is 4.39 Å². The van der Waals surface area contributed by atoms with Gasteiger partial charge in [0.2, 0.25) is 0 Å². The van der Waals surface area contributed by atoms with Gasteiger partial charge in [0.1, 0.15) is 11.6 Å². The first-order valence-electron chi connectivity index (χ1n) is 12.9. The molecule has 194 valence electrons. The number of fused-ring (bicyclic) bond motifs is 1. The van der Waals surface area contributed by atoms with Gasteiger partial charge in [0.15, 0.2) is 12.4 Å². The van der Waals surface area contributed by atoms with E-state index < -0.39 is 0 Å². The molecule has 1 amide bonds. The van der Waals surface area contributed by atoms with Crippen LogP contribution >= 0.6 is 0 Å². The predicted molar refractivity (Wildman–Crippen MR) is 147 cm³/mol. The minimum Gasteiger partial charge on any atom is -0.484 e. The fourth-order valence-electron chi connectivity index (χ4n) is 5.03. The van der Waals surface area contributed by atoms with Crippen LogP contribution in [0.25, 0.3) is 10.8 Å². The van der Waals surface area contributed by atoms with Crippen molar-refractivity contribution in [1.29, 1.82) is 0 Å². The van der Waals surface area contributed by atoms with Crippen LogP contribution in [-0.2, 0) is 11.3 Å². The van der Waals surface area contributed by atoms with E-state index in [-0.39, 0.29) is 36.2 Å². The van der Waals surface area contributed by atoms with Crippen molar-refractivity contribution < 1.29 is 18.7 Å². The van der Waals surface area contributed by atoms with E-state index in [2.05, 4.69) is 11.8 Å². The quantitative estimate of drug-likeness (QED) is 0.299. The van der Waals surface area contributed by atoms with E-state index >= 15 is 0 Å². The first kappa shape index (κ1) is 25.6. The van der Waals surface area contributed by atoms with Gasteiger partial charge in [-0.15, -0.1) is 0 Å². The number of amides is 1. The summed E-state index contributed by atoms with van der Waals surface area (Å²) in [5, 5.41) is 1.88. The second-order valence-electron chi connectivity index (χ2n) is 10.0. The van der Waals surface area contributed by atoms with Gasteiger partial charge in [0.05, 0.1) is 0 Å². The Morgan fingerprint density at radius 3 is 2.29 bits per heavy atom. The van der Waals surface area contributed by atoms with Crippen molar-refractivity contribution in [3.8, 4) is 5.75 Å². The third-order valence-corrected chi connectivity index (χ3v) is 7.21. The van der Waals surface area contributed by atoms with Crippen molar-refractivity contribution in [2.75, 3.05) is 19.7 Å². The number of carbonyl (C=O) groups is 2. The highest BCUT2D eigenvalue weighted by atomic mass is 19.1. The molecule has 0 aliphatic carbocycles. The van der Waals surface area contributed by atoms with E-state index in [0.717, 1.165) is 29.4 Å². The summed E-state index contributed by atoms with van der Waals surface area (Å²) in [4.78, 5) is 30.0. The highest BCUT2D eigenvalue weighted by Crippen LogP contribution is 2.24. The monoisotopic (exact) mass is 510 g/mol. The van der Waals surface area contributed by atoms with Crippen molar-refractivity contribution in [3.63, 3.8) is 0 Å². The molecular weight excluding hydrogens is 479 g/mol. The standard InChI is InChI=1S/C32H31FN2O3/c1-22-19-35(23(2)18-34(22)20-24-8-13-29(33)14-9-24)31(36)21-38-30-15-12-26-16-28(11-10-27(26)17-30)32(37)25-6-4-3-5-7-25/h3-17,22-23H,18-21H2,1-2H3/t22-,23+/m1/s1. The number of carbonyl (C=O) groups excluding carboxylic acids is 2. The topological polar surface area (TPSA) is 49.9 Å². The SMILES string of the molecule is C[C@@H]1CN(C(=O)COc2ccc3cc(C(=O)c4ccccc4)ccc3c2)[C@@H](C)CN1Cc1ccc(F)cc1. The lowest BCUT2D eigenvalue weighted by Gasteiger charge is -2.44. The average molecular weight is 511 g/mol. The molecule has 38 heavy (non-hydrogen) atoms. The fraction of sp³-hybridized carbons (Fsp3) is 0.250. The number of halogens is 1. The molecule has 1 fully saturated rings. The number of hydrogen-bond donors (Lipinski definition) is 0. The maximum atomic E-state index is 13.2. The molecule has 1 aliphatic rings. The summed E-state index contributed by atoms with van der Waals surface area (Å²) in [6, 6.07) is 27.3. The zero-order valence-corrected chi connectivity index (χ0v) is 21.6. The Morgan fingerprint density at radius 1 is 0.816 bits per heavy atom. The van der Waals surface area contributed by atoms with E-state index in [1.54, 1.807) is 0 Å². The molecule has 5 rings (SSSR count). The molecule has 0 bridgehead atoms.